The second kappa shape index (κ2) is 9.58. The number of ether oxygens (including phenoxy) is 2. The van der Waals surface area contributed by atoms with E-state index in [9.17, 15) is 14.4 Å². The first kappa shape index (κ1) is 25.7. The highest BCUT2D eigenvalue weighted by molar-refractivity contribution is 5.86. The summed E-state index contributed by atoms with van der Waals surface area (Å²) in [5, 5.41) is 0. The van der Waals surface area contributed by atoms with Gasteiger partial charge in [0.2, 0.25) is 0 Å². The molecular formula is C29H46O5. The van der Waals surface area contributed by atoms with Crippen molar-refractivity contribution in [1.29, 1.82) is 0 Å². The third kappa shape index (κ3) is 4.13. The fraction of sp³-hybridized carbons (Fsp3) is 0.897. The SMILES string of the molecule is CC[C@H]1C(=O)[C@H]2C3CCC([C@H](C)C(=O)OC(=O)OCC(C)C)[C@@]3(C)CC[C@@H]2[C@@]2(C)CCCC[C@@H]12. The Morgan fingerprint density at radius 3 is 2.32 bits per heavy atom. The molecular weight excluding hydrogens is 428 g/mol. The lowest BCUT2D eigenvalue weighted by Gasteiger charge is -2.61. The largest absolute Gasteiger partial charge is 0.516 e. The highest BCUT2D eigenvalue weighted by Crippen LogP contribution is 2.68. The van der Waals surface area contributed by atoms with Gasteiger partial charge in [0.25, 0.3) is 0 Å². The first-order valence-electron chi connectivity index (χ1n) is 14.0. The second-order valence-electron chi connectivity index (χ2n) is 12.9. The van der Waals surface area contributed by atoms with Gasteiger partial charge in [-0.3, -0.25) is 9.59 Å². The third-order valence-electron chi connectivity index (χ3n) is 10.8. The van der Waals surface area contributed by atoms with Crippen molar-refractivity contribution in [3.8, 4) is 0 Å². The third-order valence-corrected chi connectivity index (χ3v) is 10.8. The maximum Gasteiger partial charge on any atom is 0.516 e. The standard InChI is InChI=1S/C29H46O5/c1-7-19-21-10-8-9-14-28(21,5)23-13-15-29(6)20(11-12-22(29)24(23)25(19)30)18(4)26(31)34-27(32)33-16-17(2)3/h17-24H,7-16H2,1-6H3/t18-,19+,20?,21-,22?,23-,24-,28-,29+/m0/s1. The molecule has 0 aromatic rings. The molecule has 0 radical (unpaired) electrons. The van der Waals surface area contributed by atoms with Crippen LogP contribution >= 0.6 is 0 Å². The zero-order chi connectivity index (χ0) is 24.8. The van der Waals surface area contributed by atoms with Crippen molar-refractivity contribution >= 4 is 17.9 Å². The van der Waals surface area contributed by atoms with Crippen LogP contribution in [0.5, 0.6) is 0 Å². The average molecular weight is 475 g/mol. The Bertz CT molecular complexity index is 804. The molecule has 4 aliphatic rings. The smallest absolute Gasteiger partial charge is 0.434 e. The fourth-order valence-corrected chi connectivity index (χ4v) is 9.18. The summed E-state index contributed by atoms with van der Waals surface area (Å²) < 4.78 is 10.1. The predicted molar refractivity (Wildman–Crippen MR) is 131 cm³/mol. The molecule has 0 aliphatic heterocycles. The van der Waals surface area contributed by atoms with E-state index in [0.717, 1.165) is 32.1 Å². The Labute approximate surface area is 206 Å². The Morgan fingerprint density at radius 2 is 1.65 bits per heavy atom. The maximum absolute atomic E-state index is 14.0. The van der Waals surface area contributed by atoms with Crippen molar-refractivity contribution in [1.82, 2.24) is 0 Å². The molecule has 0 N–H and O–H groups in total. The molecule has 4 rings (SSSR count). The summed E-state index contributed by atoms with van der Waals surface area (Å²) in [7, 11) is 0. The number of ketones is 1. The van der Waals surface area contributed by atoms with Crippen LogP contribution in [0.2, 0.25) is 0 Å². The van der Waals surface area contributed by atoms with E-state index in [2.05, 4.69) is 20.8 Å². The van der Waals surface area contributed by atoms with Gasteiger partial charge in [-0.2, -0.15) is 0 Å². The number of hydrogen-bond donors (Lipinski definition) is 0. The monoisotopic (exact) mass is 474 g/mol. The van der Waals surface area contributed by atoms with Crippen molar-refractivity contribution in [2.45, 2.75) is 99.3 Å². The maximum atomic E-state index is 14.0. The van der Waals surface area contributed by atoms with Gasteiger partial charge in [0, 0.05) is 11.8 Å². The van der Waals surface area contributed by atoms with E-state index in [4.69, 9.17) is 9.47 Å². The molecule has 0 spiro atoms. The van der Waals surface area contributed by atoms with Crippen molar-refractivity contribution < 1.29 is 23.9 Å². The molecule has 4 aliphatic carbocycles. The Kier molecular flexibility index (Phi) is 7.24. The van der Waals surface area contributed by atoms with Gasteiger partial charge in [0.1, 0.15) is 5.78 Å². The van der Waals surface area contributed by atoms with Gasteiger partial charge in [0.15, 0.2) is 0 Å². The number of hydrogen-bond acceptors (Lipinski definition) is 5. The van der Waals surface area contributed by atoms with E-state index in [1.807, 2.05) is 20.8 Å². The molecule has 0 bridgehead atoms. The molecule has 0 amide bonds. The van der Waals surface area contributed by atoms with Gasteiger partial charge in [-0.05, 0) is 85.4 Å². The first-order valence-corrected chi connectivity index (χ1v) is 14.0. The van der Waals surface area contributed by atoms with Crippen molar-refractivity contribution in [3.05, 3.63) is 0 Å². The average Bonchev–Trinajstić information content (AvgIpc) is 3.14. The topological polar surface area (TPSA) is 69.7 Å². The van der Waals surface area contributed by atoms with Crippen LogP contribution in [0.25, 0.3) is 0 Å². The Hall–Kier alpha value is -1.39. The van der Waals surface area contributed by atoms with Crippen LogP contribution in [-0.4, -0.2) is 24.5 Å². The van der Waals surface area contributed by atoms with Crippen molar-refractivity contribution in [2.24, 2.45) is 58.2 Å². The van der Waals surface area contributed by atoms with Crippen LogP contribution in [0.1, 0.15) is 99.3 Å². The minimum Gasteiger partial charge on any atom is -0.434 e. The normalized spacial score (nSPS) is 42.4. The predicted octanol–water partition coefficient (Wildman–Crippen LogP) is 6.82. The second-order valence-corrected chi connectivity index (χ2v) is 12.9. The van der Waals surface area contributed by atoms with Crippen LogP contribution in [0.4, 0.5) is 4.79 Å². The molecule has 2 unspecified atom stereocenters. The van der Waals surface area contributed by atoms with E-state index >= 15 is 0 Å². The van der Waals surface area contributed by atoms with Gasteiger partial charge in [-0.15, -0.1) is 0 Å². The molecule has 0 heterocycles. The Balaban J connectivity index is 1.53. The molecule has 34 heavy (non-hydrogen) atoms. The van der Waals surface area contributed by atoms with Gasteiger partial charge in [0.05, 0.1) is 12.5 Å². The lowest BCUT2D eigenvalue weighted by Crippen LogP contribution is -2.59. The van der Waals surface area contributed by atoms with Crippen molar-refractivity contribution in [3.63, 3.8) is 0 Å². The Morgan fingerprint density at radius 1 is 0.941 bits per heavy atom. The number of carbonyl (C=O) groups excluding carboxylic acids is 3. The lowest BCUT2D eigenvalue weighted by atomic mass is 9.42. The van der Waals surface area contributed by atoms with Crippen LogP contribution in [0.3, 0.4) is 0 Å². The van der Waals surface area contributed by atoms with E-state index in [-0.39, 0.29) is 47.0 Å². The number of carbonyl (C=O) groups is 3. The summed E-state index contributed by atoms with van der Waals surface area (Å²) in [5.41, 5.74) is 0.217. The van der Waals surface area contributed by atoms with Gasteiger partial charge in [-0.25, -0.2) is 4.79 Å². The summed E-state index contributed by atoms with van der Waals surface area (Å²) in [6, 6.07) is 0. The number of esters is 1. The van der Waals surface area contributed by atoms with E-state index < -0.39 is 12.1 Å². The van der Waals surface area contributed by atoms with Gasteiger partial charge < -0.3 is 9.47 Å². The summed E-state index contributed by atoms with van der Waals surface area (Å²) in [6.07, 6.45) is 9.17. The van der Waals surface area contributed by atoms with E-state index in [1.54, 1.807) is 0 Å². The lowest BCUT2D eigenvalue weighted by molar-refractivity contribution is -0.169. The van der Waals surface area contributed by atoms with E-state index in [1.165, 1.54) is 25.7 Å². The molecule has 9 atom stereocenters. The minimum absolute atomic E-state index is 0.0622. The van der Waals surface area contributed by atoms with Crippen LogP contribution < -0.4 is 0 Å². The molecule has 5 nitrogen and oxygen atoms in total. The molecule has 4 fully saturated rings. The molecule has 4 saturated carbocycles. The molecule has 0 aromatic heterocycles. The van der Waals surface area contributed by atoms with Crippen LogP contribution in [0.15, 0.2) is 0 Å². The zero-order valence-corrected chi connectivity index (χ0v) is 22.2. The summed E-state index contributed by atoms with van der Waals surface area (Å²) in [4.78, 5) is 38.9. The zero-order valence-electron chi connectivity index (χ0n) is 22.2. The van der Waals surface area contributed by atoms with E-state index in [0.29, 0.717) is 23.5 Å². The summed E-state index contributed by atoms with van der Waals surface area (Å²) in [6.45, 7) is 13.1. The minimum atomic E-state index is -0.890. The number of rotatable bonds is 5. The van der Waals surface area contributed by atoms with Crippen molar-refractivity contribution in [2.75, 3.05) is 6.61 Å². The number of Topliss-reactive ketones (excluding diaryl/α,β-unsaturated/α-hetero) is 1. The quantitative estimate of drug-likeness (QED) is 0.323. The highest BCUT2D eigenvalue weighted by atomic mass is 16.7. The number of fused-ring (bicyclic) bond motifs is 5. The van der Waals surface area contributed by atoms with Gasteiger partial charge in [-0.1, -0.05) is 54.4 Å². The van der Waals surface area contributed by atoms with Gasteiger partial charge >= 0.3 is 12.1 Å². The molecule has 0 aromatic carbocycles. The fourth-order valence-electron chi connectivity index (χ4n) is 9.18. The summed E-state index contributed by atoms with van der Waals surface area (Å²) in [5.74, 6) is 1.69. The van der Waals surface area contributed by atoms with Crippen LogP contribution in [0, 0.1) is 58.2 Å². The molecule has 0 saturated heterocycles. The molecule has 5 heteroatoms. The van der Waals surface area contributed by atoms with Crippen LogP contribution in [-0.2, 0) is 19.1 Å². The first-order chi connectivity index (χ1) is 16.0. The summed E-state index contributed by atoms with van der Waals surface area (Å²) >= 11 is 0. The molecule has 192 valence electrons. The highest BCUT2D eigenvalue weighted by Gasteiger charge is 2.65.